The molecular formula is C27H45N3O. The number of likely N-dealkylation sites (tertiary alicyclic amines) is 2. The van der Waals surface area contributed by atoms with E-state index in [0.717, 1.165) is 17.8 Å². The molecule has 8 atom stereocenters. The van der Waals surface area contributed by atoms with Gasteiger partial charge < -0.3 is 4.74 Å². The van der Waals surface area contributed by atoms with Crippen molar-refractivity contribution in [2.75, 3.05) is 20.1 Å². The molecule has 6 rings (SSSR count). The minimum atomic E-state index is -0.316. The Hall–Kier alpha value is -0.450. The number of ether oxygens (including phenoxy) is 1. The van der Waals surface area contributed by atoms with Gasteiger partial charge in [0.25, 0.3) is 0 Å². The highest BCUT2D eigenvalue weighted by Gasteiger charge is 2.66. The molecule has 4 heteroatoms. The summed E-state index contributed by atoms with van der Waals surface area (Å²) < 4.78 is 7.51. The molecule has 0 aromatic heterocycles. The van der Waals surface area contributed by atoms with Gasteiger partial charge in [0.15, 0.2) is 5.72 Å². The molecular weight excluding hydrogens is 382 g/mol. The monoisotopic (exact) mass is 427 g/mol. The van der Waals surface area contributed by atoms with Crippen molar-refractivity contribution in [2.45, 2.75) is 121 Å². The Morgan fingerprint density at radius 3 is 2.42 bits per heavy atom. The van der Waals surface area contributed by atoms with E-state index in [-0.39, 0.29) is 17.2 Å². The van der Waals surface area contributed by atoms with Crippen LogP contribution in [0.25, 0.3) is 0 Å². The summed E-state index contributed by atoms with van der Waals surface area (Å²) in [5.41, 5.74) is -0.194. The first kappa shape index (κ1) is 21.1. The highest BCUT2D eigenvalue weighted by atomic mass is 16.5. The van der Waals surface area contributed by atoms with E-state index in [1.54, 1.807) is 0 Å². The Kier molecular flexibility index (Phi) is 5.31. The number of piperidine rings is 1. The second-order valence-electron chi connectivity index (χ2n) is 12.4. The Morgan fingerprint density at radius 2 is 1.61 bits per heavy atom. The molecule has 1 spiro atoms. The van der Waals surface area contributed by atoms with E-state index in [2.05, 4.69) is 36.9 Å². The van der Waals surface area contributed by atoms with Crippen LogP contribution in [0.5, 0.6) is 0 Å². The molecule has 0 N–H and O–H groups in total. The molecule has 8 unspecified atom stereocenters. The van der Waals surface area contributed by atoms with Crippen molar-refractivity contribution in [2.24, 2.45) is 28.2 Å². The molecule has 6 aliphatic rings. The standard InChI is InChI=1S/C27H45N3O/c1-26(2)21-13-7-8-14-22(21)29(3)27(26)18-28-24-20-12-6-5-11-19(20)17-23(25(24)31-27)30-15-9-4-10-16-30/h18-25H,4-17H2,1-3H3. The van der Waals surface area contributed by atoms with Gasteiger partial charge in [-0.2, -0.15) is 0 Å². The van der Waals surface area contributed by atoms with Crippen molar-refractivity contribution in [3.8, 4) is 0 Å². The fraction of sp³-hybridized carbons (Fsp3) is 0.963. The van der Waals surface area contributed by atoms with Crippen molar-refractivity contribution in [1.82, 2.24) is 9.80 Å². The van der Waals surface area contributed by atoms with Crippen LogP contribution >= 0.6 is 0 Å². The number of hydrogen-bond donors (Lipinski definition) is 0. The Bertz CT molecular complexity index is 701. The van der Waals surface area contributed by atoms with Crippen LogP contribution in [-0.4, -0.2) is 66.1 Å². The molecule has 3 saturated carbocycles. The fourth-order valence-electron chi connectivity index (χ4n) is 9.15. The molecule has 2 saturated heterocycles. The normalized spacial score (nSPS) is 50.1. The quantitative estimate of drug-likeness (QED) is 0.582. The second-order valence-corrected chi connectivity index (χ2v) is 12.4. The first-order chi connectivity index (χ1) is 15.0. The van der Waals surface area contributed by atoms with Crippen LogP contribution in [0.2, 0.25) is 0 Å². The Balaban J connectivity index is 1.38. The maximum Gasteiger partial charge on any atom is 0.163 e. The van der Waals surface area contributed by atoms with Crippen molar-refractivity contribution in [1.29, 1.82) is 0 Å². The van der Waals surface area contributed by atoms with E-state index in [1.165, 1.54) is 90.1 Å². The average Bonchev–Trinajstić information content (AvgIpc) is 2.97. The summed E-state index contributed by atoms with van der Waals surface area (Å²) in [7, 11) is 2.35. The van der Waals surface area contributed by atoms with E-state index in [4.69, 9.17) is 9.73 Å². The molecule has 3 aliphatic heterocycles. The zero-order valence-corrected chi connectivity index (χ0v) is 20.3. The molecule has 3 aliphatic carbocycles. The van der Waals surface area contributed by atoms with E-state index in [1.807, 2.05) is 0 Å². The molecule has 174 valence electrons. The van der Waals surface area contributed by atoms with Crippen LogP contribution in [0.15, 0.2) is 4.99 Å². The summed E-state index contributed by atoms with van der Waals surface area (Å²) in [5, 5.41) is 0. The van der Waals surface area contributed by atoms with Gasteiger partial charge in [0.1, 0.15) is 0 Å². The Labute approximate surface area is 190 Å². The predicted octanol–water partition coefficient (Wildman–Crippen LogP) is 5.12. The molecule has 4 nitrogen and oxygen atoms in total. The molecule has 3 heterocycles. The van der Waals surface area contributed by atoms with Gasteiger partial charge in [-0.3, -0.25) is 14.8 Å². The van der Waals surface area contributed by atoms with Gasteiger partial charge >= 0.3 is 0 Å². The zero-order valence-electron chi connectivity index (χ0n) is 20.3. The molecule has 5 fully saturated rings. The molecule has 0 aromatic carbocycles. The van der Waals surface area contributed by atoms with Gasteiger partial charge in [-0.05, 0) is 76.4 Å². The summed E-state index contributed by atoms with van der Waals surface area (Å²) >= 11 is 0. The first-order valence-electron chi connectivity index (χ1n) is 13.7. The average molecular weight is 428 g/mol. The van der Waals surface area contributed by atoms with Gasteiger partial charge in [-0.15, -0.1) is 0 Å². The van der Waals surface area contributed by atoms with Crippen molar-refractivity contribution in [3.63, 3.8) is 0 Å². The fourth-order valence-corrected chi connectivity index (χ4v) is 9.15. The van der Waals surface area contributed by atoms with Crippen LogP contribution < -0.4 is 0 Å². The highest BCUT2D eigenvalue weighted by molar-refractivity contribution is 5.72. The van der Waals surface area contributed by atoms with Gasteiger partial charge in [-0.1, -0.05) is 52.4 Å². The number of fused-ring (bicyclic) bond motifs is 4. The summed E-state index contributed by atoms with van der Waals surface area (Å²) in [4.78, 5) is 11.0. The van der Waals surface area contributed by atoms with E-state index in [9.17, 15) is 0 Å². The maximum atomic E-state index is 7.51. The van der Waals surface area contributed by atoms with Crippen molar-refractivity contribution >= 4 is 6.21 Å². The molecule has 31 heavy (non-hydrogen) atoms. The SMILES string of the molecule is CN1C2CCCCC2C(C)(C)C12C=NC1C3CCCCC3CC(N3CCCCC3)C1O2. The minimum absolute atomic E-state index is 0.122. The lowest BCUT2D eigenvalue weighted by Gasteiger charge is -2.57. The van der Waals surface area contributed by atoms with Crippen LogP contribution in [0.1, 0.15) is 90.9 Å². The lowest BCUT2D eigenvalue weighted by molar-refractivity contribution is -0.213. The van der Waals surface area contributed by atoms with Gasteiger partial charge in [0.05, 0.1) is 12.1 Å². The Morgan fingerprint density at radius 1 is 0.871 bits per heavy atom. The first-order valence-corrected chi connectivity index (χ1v) is 13.7. The van der Waals surface area contributed by atoms with Crippen LogP contribution in [0.4, 0.5) is 0 Å². The third-order valence-corrected chi connectivity index (χ3v) is 10.9. The topological polar surface area (TPSA) is 28.1 Å². The summed E-state index contributed by atoms with van der Waals surface area (Å²) in [6.45, 7) is 7.54. The van der Waals surface area contributed by atoms with Gasteiger partial charge in [0.2, 0.25) is 0 Å². The molecule has 0 bridgehead atoms. The van der Waals surface area contributed by atoms with E-state index in [0.29, 0.717) is 18.1 Å². The van der Waals surface area contributed by atoms with Gasteiger partial charge in [0, 0.05) is 23.7 Å². The molecule has 0 amide bonds. The zero-order chi connectivity index (χ0) is 21.2. The largest absolute Gasteiger partial charge is 0.347 e. The maximum absolute atomic E-state index is 7.51. The summed E-state index contributed by atoms with van der Waals surface area (Å²) in [5.74, 6) is 2.35. The summed E-state index contributed by atoms with van der Waals surface area (Å²) in [6, 6.07) is 1.63. The number of aliphatic imine (C=N–C) groups is 1. The number of hydrogen-bond acceptors (Lipinski definition) is 4. The lowest BCUT2D eigenvalue weighted by Crippen LogP contribution is -2.67. The predicted molar refractivity (Wildman–Crippen MR) is 126 cm³/mol. The number of rotatable bonds is 1. The second kappa shape index (κ2) is 7.81. The van der Waals surface area contributed by atoms with E-state index >= 15 is 0 Å². The van der Waals surface area contributed by atoms with Crippen LogP contribution in [0.3, 0.4) is 0 Å². The van der Waals surface area contributed by atoms with Crippen LogP contribution in [-0.2, 0) is 4.74 Å². The number of nitrogens with zero attached hydrogens (tertiary/aromatic N) is 3. The highest BCUT2D eigenvalue weighted by Crippen LogP contribution is 2.58. The van der Waals surface area contributed by atoms with Gasteiger partial charge in [-0.25, -0.2) is 0 Å². The molecule has 0 radical (unpaired) electrons. The molecule has 0 aromatic rings. The van der Waals surface area contributed by atoms with Crippen molar-refractivity contribution in [3.05, 3.63) is 0 Å². The minimum Gasteiger partial charge on any atom is -0.347 e. The third-order valence-electron chi connectivity index (χ3n) is 10.9. The van der Waals surface area contributed by atoms with Crippen LogP contribution in [0, 0.1) is 23.2 Å². The smallest absolute Gasteiger partial charge is 0.163 e. The van der Waals surface area contributed by atoms with E-state index < -0.39 is 0 Å². The van der Waals surface area contributed by atoms with Crippen molar-refractivity contribution < 1.29 is 4.74 Å². The summed E-state index contributed by atoms with van der Waals surface area (Å²) in [6.07, 6.45) is 19.2. The third kappa shape index (κ3) is 3.06. The lowest BCUT2D eigenvalue weighted by atomic mass is 9.64.